The van der Waals surface area contributed by atoms with Crippen LogP contribution in [-0.2, 0) is 4.74 Å². The molecule has 1 aromatic heterocycles. The van der Waals surface area contributed by atoms with Crippen LogP contribution in [0.1, 0.15) is 39.2 Å². The first-order valence-electron chi connectivity index (χ1n) is 7.97. The number of aryl methyl sites for hydroxylation is 1. The lowest BCUT2D eigenvalue weighted by Crippen LogP contribution is -2.42. The van der Waals surface area contributed by atoms with Crippen molar-refractivity contribution in [1.82, 2.24) is 9.88 Å². The molecule has 1 aromatic rings. The molecule has 0 bridgehead atoms. The number of nitrogens with one attached hydrogen (secondary N) is 1. The Balaban J connectivity index is 1.74. The summed E-state index contributed by atoms with van der Waals surface area (Å²) in [5.74, 6) is 0.583. The number of piperidine rings is 1. The second-order valence-electron chi connectivity index (χ2n) is 7.04. The number of nitrogens with zero attached hydrogens (tertiary/aromatic N) is 2. The molecule has 1 fully saturated rings. The van der Waals surface area contributed by atoms with Gasteiger partial charge in [0.15, 0.2) is 0 Å². The van der Waals surface area contributed by atoms with Crippen LogP contribution in [0, 0.1) is 12.8 Å². The molecule has 0 radical (unpaired) electrons. The van der Waals surface area contributed by atoms with E-state index in [1.807, 2.05) is 45.0 Å². The molecule has 1 aliphatic rings. The predicted molar refractivity (Wildman–Crippen MR) is 88.0 cm³/mol. The van der Waals surface area contributed by atoms with Gasteiger partial charge in [-0.1, -0.05) is 0 Å². The van der Waals surface area contributed by atoms with Crippen LogP contribution in [0.5, 0.6) is 0 Å². The fraction of sp³-hybridized carbons (Fsp3) is 0.647. The number of hydrogen-bond acceptors (Lipinski definition) is 4. The van der Waals surface area contributed by atoms with Gasteiger partial charge in [0.05, 0.1) is 5.69 Å². The summed E-state index contributed by atoms with van der Waals surface area (Å²) in [4.78, 5) is 18.0. The van der Waals surface area contributed by atoms with Crippen LogP contribution in [-0.4, -0.2) is 41.2 Å². The van der Waals surface area contributed by atoms with Gasteiger partial charge in [-0.25, -0.2) is 4.79 Å². The van der Waals surface area contributed by atoms with Crippen molar-refractivity contribution in [2.24, 2.45) is 5.92 Å². The highest BCUT2D eigenvalue weighted by Crippen LogP contribution is 2.20. The molecule has 1 amide bonds. The van der Waals surface area contributed by atoms with Crippen molar-refractivity contribution < 1.29 is 9.53 Å². The van der Waals surface area contributed by atoms with Gasteiger partial charge in [-0.2, -0.15) is 0 Å². The highest BCUT2D eigenvalue weighted by Gasteiger charge is 2.26. The van der Waals surface area contributed by atoms with Crippen LogP contribution in [0.25, 0.3) is 0 Å². The SMILES string of the molecule is Cc1cncc(NCC2CCN(C(=O)OC(C)(C)C)CC2)c1. The molecule has 0 aromatic carbocycles. The van der Waals surface area contributed by atoms with Gasteiger partial charge in [-0.3, -0.25) is 4.98 Å². The molecule has 1 saturated heterocycles. The molecule has 0 spiro atoms. The molecule has 1 N–H and O–H groups in total. The van der Waals surface area contributed by atoms with E-state index in [1.54, 1.807) is 0 Å². The van der Waals surface area contributed by atoms with Gasteiger partial charge in [0, 0.05) is 32.0 Å². The minimum absolute atomic E-state index is 0.193. The first kappa shape index (κ1) is 16.6. The molecular weight excluding hydrogens is 278 g/mol. The van der Waals surface area contributed by atoms with Gasteiger partial charge in [0.1, 0.15) is 5.60 Å². The minimum atomic E-state index is -0.423. The van der Waals surface area contributed by atoms with Crippen LogP contribution in [0.3, 0.4) is 0 Å². The number of carbonyl (C=O) groups is 1. The van der Waals surface area contributed by atoms with E-state index in [0.717, 1.165) is 43.7 Å². The number of carbonyl (C=O) groups excluding carboxylic acids is 1. The third kappa shape index (κ3) is 5.20. The summed E-state index contributed by atoms with van der Waals surface area (Å²) in [6.45, 7) is 10.2. The Labute approximate surface area is 133 Å². The number of rotatable bonds is 3. The van der Waals surface area contributed by atoms with E-state index < -0.39 is 5.60 Å². The zero-order chi connectivity index (χ0) is 16.2. The Morgan fingerprint density at radius 1 is 1.36 bits per heavy atom. The van der Waals surface area contributed by atoms with Crippen LogP contribution >= 0.6 is 0 Å². The van der Waals surface area contributed by atoms with Crippen LogP contribution < -0.4 is 5.32 Å². The minimum Gasteiger partial charge on any atom is -0.444 e. The van der Waals surface area contributed by atoms with Gasteiger partial charge in [-0.15, -0.1) is 0 Å². The largest absolute Gasteiger partial charge is 0.444 e. The summed E-state index contributed by atoms with van der Waals surface area (Å²) in [5, 5.41) is 3.44. The quantitative estimate of drug-likeness (QED) is 0.929. The zero-order valence-electron chi connectivity index (χ0n) is 14.1. The van der Waals surface area contributed by atoms with Crippen molar-refractivity contribution >= 4 is 11.8 Å². The van der Waals surface area contributed by atoms with Crippen molar-refractivity contribution in [1.29, 1.82) is 0 Å². The second-order valence-corrected chi connectivity index (χ2v) is 7.04. The number of anilines is 1. The normalized spacial score (nSPS) is 16.5. The summed E-state index contributed by atoms with van der Waals surface area (Å²) in [6.07, 6.45) is 5.52. The van der Waals surface area contributed by atoms with Crippen LogP contribution in [0.2, 0.25) is 0 Å². The van der Waals surface area contributed by atoms with E-state index in [1.165, 1.54) is 0 Å². The summed E-state index contributed by atoms with van der Waals surface area (Å²) in [5.41, 5.74) is 1.80. The third-order valence-corrected chi connectivity index (χ3v) is 3.74. The first-order chi connectivity index (χ1) is 10.3. The summed E-state index contributed by atoms with van der Waals surface area (Å²) in [6, 6.07) is 2.10. The van der Waals surface area contributed by atoms with Gasteiger partial charge in [0.25, 0.3) is 0 Å². The van der Waals surface area contributed by atoms with E-state index in [0.29, 0.717) is 5.92 Å². The van der Waals surface area contributed by atoms with Crippen LogP contribution in [0.15, 0.2) is 18.5 Å². The number of ether oxygens (including phenoxy) is 1. The molecule has 2 heterocycles. The lowest BCUT2D eigenvalue weighted by atomic mass is 9.97. The Morgan fingerprint density at radius 2 is 2.05 bits per heavy atom. The fourth-order valence-electron chi connectivity index (χ4n) is 2.56. The maximum atomic E-state index is 12.0. The molecule has 0 unspecified atom stereocenters. The van der Waals surface area contributed by atoms with Crippen LogP contribution in [0.4, 0.5) is 10.5 Å². The molecule has 5 nitrogen and oxygen atoms in total. The molecule has 122 valence electrons. The second kappa shape index (κ2) is 6.99. The molecule has 22 heavy (non-hydrogen) atoms. The maximum Gasteiger partial charge on any atom is 0.410 e. The lowest BCUT2D eigenvalue weighted by Gasteiger charge is -2.33. The third-order valence-electron chi connectivity index (χ3n) is 3.74. The van der Waals surface area contributed by atoms with E-state index >= 15 is 0 Å². The van der Waals surface area contributed by atoms with Crippen molar-refractivity contribution in [3.63, 3.8) is 0 Å². The molecule has 0 saturated carbocycles. The van der Waals surface area contributed by atoms with Gasteiger partial charge < -0.3 is 15.0 Å². The van der Waals surface area contributed by atoms with E-state index in [9.17, 15) is 4.79 Å². The highest BCUT2D eigenvalue weighted by atomic mass is 16.6. The fourth-order valence-corrected chi connectivity index (χ4v) is 2.56. The summed E-state index contributed by atoms with van der Waals surface area (Å²) in [7, 11) is 0. The standard InChI is InChI=1S/C17H27N3O2/c1-13-9-15(12-18-10-13)19-11-14-5-7-20(8-6-14)16(21)22-17(2,3)4/h9-10,12,14,19H,5-8,11H2,1-4H3. The number of likely N-dealkylation sites (tertiary alicyclic amines) is 1. The highest BCUT2D eigenvalue weighted by molar-refractivity contribution is 5.68. The van der Waals surface area contributed by atoms with Gasteiger partial charge in [0.2, 0.25) is 0 Å². The molecule has 5 heteroatoms. The van der Waals surface area contributed by atoms with Gasteiger partial charge >= 0.3 is 6.09 Å². The Kier molecular flexibility index (Phi) is 5.27. The average molecular weight is 305 g/mol. The first-order valence-corrected chi connectivity index (χ1v) is 7.97. The molecule has 1 aliphatic heterocycles. The molecule has 2 rings (SSSR count). The smallest absolute Gasteiger partial charge is 0.410 e. The molecular formula is C17H27N3O2. The number of hydrogen-bond donors (Lipinski definition) is 1. The van der Waals surface area contributed by atoms with E-state index in [2.05, 4.69) is 16.4 Å². The molecule has 0 aliphatic carbocycles. The predicted octanol–water partition coefficient (Wildman–Crippen LogP) is 3.45. The number of amides is 1. The lowest BCUT2D eigenvalue weighted by molar-refractivity contribution is 0.0188. The Bertz CT molecular complexity index is 503. The zero-order valence-corrected chi connectivity index (χ0v) is 14.1. The van der Waals surface area contributed by atoms with Crippen molar-refractivity contribution in [2.45, 2.75) is 46.1 Å². The topological polar surface area (TPSA) is 54.5 Å². The van der Waals surface area contributed by atoms with E-state index in [4.69, 9.17) is 4.74 Å². The monoisotopic (exact) mass is 305 g/mol. The van der Waals surface area contributed by atoms with Crippen molar-refractivity contribution in [3.8, 4) is 0 Å². The van der Waals surface area contributed by atoms with Gasteiger partial charge in [-0.05, 0) is 58.1 Å². The summed E-state index contributed by atoms with van der Waals surface area (Å²) < 4.78 is 5.42. The Morgan fingerprint density at radius 3 is 2.64 bits per heavy atom. The number of aromatic nitrogens is 1. The molecule has 0 atom stereocenters. The van der Waals surface area contributed by atoms with Crippen molar-refractivity contribution in [3.05, 3.63) is 24.0 Å². The number of pyridine rings is 1. The maximum absolute atomic E-state index is 12.0. The Hall–Kier alpha value is -1.78. The van der Waals surface area contributed by atoms with Crippen molar-refractivity contribution in [2.75, 3.05) is 25.0 Å². The van der Waals surface area contributed by atoms with E-state index in [-0.39, 0.29) is 6.09 Å². The summed E-state index contributed by atoms with van der Waals surface area (Å²) >= 11 is 0. The average Bonchev–Trinajstić information content (AvgIpc) is 2.44.